The number of carbonyl (C=O) groups is 3. The first-order valence-corrected chi connectivity index (χ1v) is 9.11. The van der Waals surface area contributed by atoms with Crippen molar-refractivity contribution in [2.24, 2.45) is 0 Å². The van der Waals surface area contributed by atoms with Crippen LogP contribution in [0.4, 0.5) is 5.69 Å². The van der Waals surface area contributed by atoms with Crippen molar-refractivity contribution in [1.29, 1.82) is 0 Å². The number of hydrogen-bond acceptors (Lipinski definition) is 7. The molecule has 3 rings (SSSR count). The maximum absolute atomic E-state index is 12.9. The van der Waals surface area contributed by atoms with Gasteiger partial charge in [0.1, 0.15) is 5.75 Å². The van der Waals surface area contributed by atoms with E-state index < -0.39 is 17.9 Å². The molecule has 2 aromatic carbocycles. The number of nitrogens with one attached hydrogen (secondary N) is 2. The SMILES string of the molecule is COC(=O)CC(NC(=O)c1ccc2c(c1)NC(=O)CO2)c1ccc(OC)c(OC)c1. The molecule has 0 bridgehead atoms. The van der Waals surface area contributed by atoms with E-state index in [9.17, 15) is 14.4 Å². The Morgan fingerprint density at radius 2 is 1.87 bits per heavy atom. The fraction of sp³-hybridized carbons (Fsp3) is 0.286. The van der Waals surface area contributed by atoms with E-state index in [1.54, 1.807) is 30.3 Å². The zero-order valence-corrected chi connectivity index (χ0v) is 16.8. The minimum Gasteiger partial charge on any atom is -0.493 e. The summed E-state index contributed by atoms with van der Waals surface area (Å²) in [6, 6.07) is 9.14. The predicted octanol–water partition coefficient (Wildman–Crippen LogP) is 2.07. The van der Waals surface area contributed by atoms with Gasteiger partial charge in [0, 0.05) is 5.56 Å². The van der Waals surface area contributed by atoms with Crippen molar-refractivity contribution in [3.05, 3.63) is 47.5 Å². The lowest BCUT2D eigenvalue weighted by molar-refractivity contribution is -0.141. The predicted molar refractivity (Wildman–Crippen MR) is 107 cm³/mol. The standard InChI is InChI=1S/C21H22N2O7/c1-27-17-7-4-12(9-18(17)28-2)14(10-20(25)29-3)23-21(26)13-5-6-16-15(8-13)22-19(24)11-30-16/h4-9,14H,10-11H2,1-3H3,(H,22,24)(H,23,26). The molecule has 9 heteroatoms. The Morgan fingerprint density at radius 3 is 2.57 bits per heavy atom. The van der Waals surface area contributed by atoms with E-state index in [-0.39, 0.29) is 18.9 Å². The molecule has 30 heavy (non-hydrogen) atoms. The molecule has 1 unspecified atom stereocenters. The highest BCUT2D eigenvalue weighted by molar-refractivity contribution is 6.00. The van der Waals surface area contributed by atoms with Gasteiger partial charge < -0.3 is 29.6 Å². The fourth-order valence-corrected chi connectivity index (χ4v) is 3.04. The van der Waals surface area contributed by atoms with Crippen molar-refractivity contribution in [2.45, 2.75) is 12.5 Å². The molecule has 2 amide bonds. The molecular weight excluding hydrogens is 392 g/mol. The summed E-state index contributed by atoms with van der Waals surface area (Å²) in [6.45, 7) is -0.0704. The summed E-state index contributed by atoms with van der Waals surface area (Å²) >= 11 is 0. The average molecular weight is 414 g/mol. The first-order chi connectivity index (χ1) is 14.4. The van der Waals surface area contributed by atoms with Crippen LogP contribution in [0.2, 0.25) is 0 Å². The maximum atomic E-state index is 12.9. The Hall–Kier alpha value is -3.75. The number of hydrogen-bond donors (Lipinski definition) is 2. The topological polar surface area (TPSA) is 112 Å². The normalized spacial score (nSPS) is 13.2. The molecule has 0 saturated carbocycles. The third-order valence-corrected chi connectivity index (χ3v) is 4.59. The molecule has 1 atom stereocenters. The second kappa shape index (κ2) is 9.17. The minimum absolute atomic E-state index is 0.0704. The Kier molecular flexibility index (Phi) is 6.41. The van der Waals surface area contributed by atoms with Crippen LogP contribution in [-0.4, -0.2) is 45.7 Å². The van der Waals surface area contributed by atoms with Crippen LogP contribution < -0.4 is 24.8 Å². The van der Waals surface area contributed by atoms with E-state index in [0.717, 1.165) is 0 Å². The Balaban J connectivity index is 1.86. The number of amides is 2. The summed E-state index contributed by atoms with van der Waals surface area (Å²) < 4.78 is 20.6. The summed E-state index contributed by atoms with van der Waals surface area (Å²) in [6.07, 6.45) is -0.0808. The Bertz CT molecular complexity index is 974. The maximum Gasteiger partial charge on any atom is 0.307 e. The van der Waals surface area contributed by atoms with E-state index in [0.29, 0.717) is 34.1 Å². The van der Waals surface area contributed by atoms with Crippen LogP contribution in [0.5, 0.6) is 17.2 Å². The van der Waals surface area contributed by atoms with Crippen molar-refractivity contribution in [1.82, 2.24) is 5.32 Å². The number of rotatable bonds is 7. The van der Waals surface area contributed by atoms with Gasteiger partial charge in [-0.1, -0.05) is 6.07 Å². The zero-order valence-electron chi connectivity index (χ0n) is 16.8. The number of carbonyl (C=O) groups excluding carboxylic acids is 3. The van der Waals surface area contributed by atoms with E-state index in [1.807, 2.05) is 0 Å². The van der Waals surface area contributed by atoms with Crippen LogP contribution in [0.15, 0.2) is 36.4 Å². The molecule has 0 radical (unpaired) electrons. The van der Waals surface area contributed by atoms with Crippen molar-refractivity contribution in [2.75, 3.05) is 33.3 Å². The zero-order chi connectivity index (χ0) is 21.7. The molecule has 1 heterocycles. The number of ether oxygens (including phenoxy) is 4. The smallest absolute Gasteiger partial charge is 0.307 e. The molecule has 0 aromatic heterocycles. The van der Waals surface area contributed by atoms with Crippen molar-refractivity contribution in [3.63, 3.8) is 0 Å². The lowest BCUT2D eigenvalue weighted by Crippen LogP contribution is -2.31. The Morgan fingerprint density at radius 1 is 1.10 bits per heavy atom. The van der Waals surface area contributed by atoms with Crippen molar-refractivity contribution < 1.29 is 33.3 Å². The highest BCUT2D eigenvalue weighted by Crippen LogP contribution is 2.32. The van der Waals surface area contributed by atoms with Gasteiger partial charge in [0.25, 0.3) is 11.8 Å². The summed E-state index contributed by atoms with van der Waals surface area (Å²) in [5.41, 5.74) is 1.35. The van der Waals surface area contributed by atoms with Gasteiger partial charge in [0.05, 0.1) is 39.5 Å². The summed E-state index contributed by atoms with van der Waals surface area (Å²) in [7, 11) is 4.30. The van der Waals surface area contributed by atoms with E-state index in [2.05, 4.69) is 10.6 Å². The summed E-state index contributed by atoms with van der Waals surface area (Å²) in [4.78, 5) is 36.3. The van der Waals surface area contributed by atoms with E-state index in [1.165, 1.54) is 27.4 Å². The van der Waals surface area contributed by atoms with Crippen LogP contribution in [0.25, 0.3) is 0 Å². The third-order valence-electron chi connectivity index (χ3n) is 4.59. The monoisotopic (exact) mass is 414 g/mol. The number of anilines is 1. The molecular formula is C21H22N2O7. The highest BCUT2D eigenvalue weighted by atomic mass is 16.5. The van der Waals surface area contributed by atoms with Gasteiger partial charge in [-0.15, -0.1) is 0 Å². The average Bonchev–Trinajstić information content (AvgIpc) is 2.77. The number of fused-ring (bicyclic) bond motifs is 1. The first kappa shape index (κ1) is 21.0. The van der Waals surface area contributed by atoms with Gasteiger partial charge in [0.15, 0.2) is 18.1 Å². The molecule has 1 aliphatic heterocycles. The largest absolute Gasteiger partial charge is 0.493 e. The van der Waals surface area contributed by atoms with E-state index in [4.69, 9.17) is 18.9 Å². The fourth-order valence-electron chi connectivity index (χ4n) is 3.04. The number of esters is 1. The minimum atomic E-state index is -0.674. The van der Waals surface area contributed by atoms with Crippen LogP contribution in [0, 0.1) is 0 Å². The molecule has 0 aliphatic carbocycles. The van der Waals surface area contributed by atoms with Gasteiger partial charge in [-0.2, -0.15) is 0 Å². The summed E-state index contributed by atoms with van der Waals surface area (Å²) in [5.74, 6) is 0.260. The quantitative estimate of drug-likeness (QED) is 0.667. The van der Waals surface area contributed by atoms with Crippen molar-refractivity contribution in [3.8, 4) is 17.2 Å². The molecule has 0 saturated heterocycles. The van der Waals surface area contributed by atoms with Crippen molar-refractivity contribution >= 4 is 23.5 Å². The molecule has 9 nitrogen and oxygen atoms in total. The molecule has 2 N–H and O–H groups in total. The third kappa shape index (κ3) is 4.62. The molecule has 0 fully saturated rings. The lowest BCUT2D eigenvalue weighted by atomic mass is 10.0. The van der Waals surface area contributed by atoms with Gasteiger partial charge >= 0.3 is 5.97 Å². The van der Waals surface area contributed by atoms with Crippen LogP contribution in [0.3, 0.4) is 0 Å². The molecule has 0 spiro atoms. The molecule has 158 valence electrons. The Labute approximate surface area is 173 Å². The first-order valence-electron chi connectivity index (χ1n) is 9.11. The van der Waals surface area contributed by atoms with Gasteiger partial charge in [-0.25, -0.2) is 0 Å². The lowest BCUT2D eigenvalue weighted by Gasteiger charge is -2.21. The second-order valence-electron chi connectivity index (χ2n) is 6.47. The summed E-state index contributed by atoms with van der Waals surface area (Å²) in [5, 5.41) is 5.49. The van der Waals surface area contributed by atoms with Crippen LogP contribution >= 0.6 is 0 Å². The van der Waals surface area contributed by atoms with Crippen LogP contribution in [-0.2, 0) is 14.3 Å². The van der Waals surface area contributed by atoms with Gasteiger partial charge in [-0.05, 0) is 35.9 Å². The van der Waals surface area contributed by atoms with Gasteiger partial charge in [0.2, 0.25) is 0 Å². The van der Waals surface area contributed by atoms with Gasteiger partial charge in [-0.3, -0.25) is 14.4 Å². The number of benzene rings is 2. The molecule has 2 aromatic rings. The van der Waals surface area contributed by atoms with Crippen LogP contribution in [0.1, 0.15) is 28.4 Å². The molecule has 1 aliphatic rings. The second-order valence-corrected chi connectivity index (χ2v) is 6.47. The highest BCUT2D eigenvalue weighted by Gasteiger charge is 2.23. The number of methoxy groups -OCH3 is 3. The van der Waals surface area contributed by atoms with E-state index >= 15 is 0 Å².